The zero-order valence-electron chi connectivity index (χ0n) is 10.4. The molecule has 0 heterocycles. The first-order valence-electron chi connectivity index (χ1n) is 5.23. The highest BCUT2D eigenvalue weighted by atomic mass is 32.2. The first-order chi connectivity index (χ1) is 7.28. The van der Waals surface area contributed by atoms with Gasteiger partial charge in [0.25, 0.3) is 0 Å². The minimum absolute atomic E-state index is 0.0142. The third-order valence-electron chi connectivity index (χ3n) is 2.32. The molecule has 4 nitrogen and oxygen atoms in total. The van der Waals surface area contributed by atoms with E-state index in [2.05, 4.69) is 0 Å². The molecule has 0 aromatic rings. The first kappa shape index (κ1) is 15.3. The molecule has 0 unspecified atom stereocenters. The maximum absolute atomic E-state index is 11.8. The molecule has 16 heavy (non-hydrogen) atoms. The van der Waals surface area contributed by atoms with Gasteiger partial charge in [0.15, 0.2) is 0 Å². The van der Waals surface area contributed by atoms with Crippen LogP contribution in [0.5, 0.6) is 0 Å². The van der Waals surface area contributed by atoms with Crippen molar-refractivity contribution in [3.05, 3.63) is 0 Å². The average Bonchev–Trinajstić information content (AvgIpc) is 2.10. The van der Waals surface area contributed by atoms with Gasteiger partial charge in [-0.25, -0.2) is 0 Å². The third-order valence-corrected chi connectivity index (χ3v) is 2.91. The van der Waals surface area contributed by atoms with Crippen LogP contribution in [0.1, 0.15) is 26.7 Å². The summed E-state index contributed by atoms with van der Waals surface area (Å²) >= 11 is 1.69. The van der Waals surface area contributed by atoms with Crippen LogP contribution in [0, 0.1) is 5.41 Å². The monoisotopic (exact) mass is 247 g/mol. The number of thioether (sulfide) groups is 1. The van der Waals surface area contributed by atoms with Gasteiger partial charge in [-0.05, 0) is 11.7 Å². The Hall–Kier alpha value is -0.710. The van der Waals surface area contributed by atoms with Gasteiger partial charge < -0.3 is 10.0 Å². The Morgan fingerprint density at radius 3 is 2.31 bits per heavy atom. The van der Waals surface area contributed by atoms with E-state index in [0.29, 0.717) is 6.54 Å². The Labute approximate surface area is 101 Å². The third kappa shape index (κ3) is 6.71. The smallest absolute Gasteiger partial charge is 0.303 e. The lowest BCUT2D eigenvalue weighted by Crippen LogP contribution is -2.33. The van der Waals surface area contributed by atoms with E-state index in [9.17, 15) is 9.59 Å². The van der Waals surface area contributed by atoms with Crippen molar-refractivity contribution < 1.29 is 14.7 Å². The molecule has 0 atom stereocenters. The predicted molar refractivity (Wildman–Crippen MR) is 66.7 cm³/mol. The molecule has 0 saturated heterocycles. The fourth-order valence-corrected chi connectivity index (χ4v) is 1.83. The van der Waals surface area contributed by atoms with Crippen molar-refractivity contribution >= 4 is 23.6 Å². The van der Waals surface area contributed by atoms with E-state index in [1.165, 1.54) is 0 Å². The number of carbonyl (C=O) groups excluding carboxylic acids is 1. The van der Waals surface area contributed by atoms with Gasteiger partial charge in [-0.3, -0.25) is 9.59 Å². The topological polar surface area (TPSA) is 57.6 Å². The van der Waals surface area contributed by atoms with Gasteiger partial charge in [0.1, 0.15) is 0 Å². The lowest BCUT2D eigenvalue weighted by molar-refractivity contribution is -0.140. The summed E-state index contributed by atoms with van der Waals surface area (Å²) < 4.78 is 0. The second-order valence-electron chi connectivity index (χ2n) is 4.72. The molecule has 0 aromatic heterocycles. The molecule has 0 aromatic carbocycles. The molecule has 0 bridgehead atoms. The Bertz CT molecular complexity index is 254. The summed E-state index contributed by atoms with van der Waals surface area (Å²) in [7, 11) is 1.76. The van der Waals surface area contributed by atoms with Crippen molar-refractivity contribution in [3.63, 3.8) is 0 Å². The van der Waals surface area contributed by atoms with Crippen LogP contribution in [-0.4, -0.2) is 47.5 Å². The van der Waals surface area contributed by atoms with Crippen molar-refractivity contribution in [1.29, 1.82) is 0 Å². The van der Waals surface area contributed by atoms with Crippen LogP contribution in [0.4, 0.5) is 0 Å². The van der Waals surface area contributed by atoms with E-state index >= 15 is 0 Å². The molecule has 1 N–H and O–H groups in total. The standard InChI is InChI=1S/C11H21NO3S/c1-11(2,8-10(14)15)7-9(13)12(3)5-6-16-4/h5-8H2,1-4H3,(H,14,15). The van der Waals surface area contributed by atoms with Gasteiger partial charge in [-0.2, -0.15) is 11.8 Å². The Morgan fingerprint density at radius 2 is 1.88 bits per heavy atom. The highest BCUT2D eigenvalue weighted by Gasteiger charge is 2.26. The van der Waals surface area contributed by atoms with E-state index < -0.39 is 11.4 Å². The van der Waals surface area contributed by atoms with Crippen molar-refractivity contribution in [2.45, 2.75) is 26.7 Å². The lowest BCUT2D eigenvalue weighted by atomic mass is 9.85. The highest BCUT2D eigenvalue weighted by Crippen LogP contribution is 2.25. The number of carbonyl (C=O) groups is 2. The molecule has 0 aliphatic rings. The van der Waals surface area contributed by atoms with Crippen LogP contribution in [0.3, 0.4) is 0 Å². The van der Waals surface area contributed by atoms with E-state index in [1.54, 1.807) is 37.6 Å². The maximum atomic E-state index is 11.8. The highest BCUT2D eigenvalue weighted by molar-refractivity contribution is 7.98. The molecular weight excluding hydrogens is 226 g/mol. The molecule has 0 fully saturated rings. The number of amides is 1. The summed E-state index contributed by atoms with van der Waals surface area (Å²) in [5.41, 5.74) is -0.476. The second kappa shape index (κ2) is 6.78. The Kier molecular flexibility index (Phi) is 6.48. The molecule has 0 saturated carbocycles. The van der Waals surface area contributed by atoms with Crippen molar-refractivity contribution in [2.75, 3.05) is 25.6 Å². The summed E-state index contributed by atoms with van der Waals surface area (Å²) in [5, 5.41) is 8.71. The van der Waals surface area contributed by atoms with Crippen LogP contribution in [-0.2, 0) is 9.59 Å². The summed E-state index contributed by atoms with van der Waals surface area (Å²) in [6.07, 6.45) is 2.30. The molecule has 1 amide bonds. The number of hydrogen-bond acceptors (Lipinski definition) is 3. The minimum atomic E-state index is -0.857. The summed E-state index contributed by atoms with van der Waals surface area (Å²) in [6, 6.07) is 0. The Balaban J connectivity index is 4.15. The van der Waals surface area contributed by atoms with Crippen LogP contribution in [0.25, 0.3) is 0 Å². The molecule has 0 spiro atoms. The Morgan fingerprint density at radius 1 is 1.31 bits per heavy atom. The zero-order chi connectivity index (χ0) is 12.8. The van der Waals surface area contributed by atoms with Gasteiger partial charge >= 0.3 is 5.97 Å². The van der Waals surface area contributed by atoms with Crippen LogP contribution in [0.15, 0.2) is 0 Å². The van der Waals surface area contributed by atoms with Gasteiger partial charge in [0.2, 0.25) is 5.91 Å². The number of carboxylic acids is 1. The van der Waals surface area contributed by atoms with E-state index in [0.717, 1.165) is 5.75 Å². The number of carboxylic acid groups (broad SMARTS) is 1. The zero-order valence-corrected chi connectivity index (χ0v) is 11.3. The van der Waals surface area contributed by atoms with Gasteiger partial charge in [-0.1, -0.05) is 13.8 Å². The fourth-order valence-electron chi connectivity index (χ4n) is 1.37. The van der Waals surface area contributed by atoms with Crippen molar-refractivity contribution in [1.82, 2.24) is 4.90 Å². The molecule has 0 aliphatic carbocycles. The maximum Gasteiger partial charge on any atom is 0.303 e. The lowest BCUT2D eigenvalue weighted by Gasteiger charge is -2.25. The van der Waals surface area contributed by atoms with Gasteiger partial charge in [0, 0.05) is 25.8 Å². The quantitative estimate of drug-likeness (QED) is 0.744. The van der Waals surface area contributed by atoms with Crippen molar-refractivity contribution in [2.24, 2.45) is 5.41 Å². The number of rotatable bonds is 7. The SMILES string of the molecule is CSCCN(C)C(=O)CC(C)(C)CC(=O)O. The van der Waals surface area contributed by atoms with Crippen LogP contribution in [0.2, 0.25) is 0 Å². The molecular formula is C11H21NO3S. The molecule has 5 heteroatoms. The predicted octanol–water partition coefficient (Wildman–Crippen LogP) is 1.70. The molecule has 94 valence electrons. The summed E-state index contributed by atoms with van der Waals surface area (Å²) in [5.74, 6) is 0.0616. The van der Waals surface area contributed by atoms with Crippen molar-refractivity contribution in [3.8, 4) is 0 Å². The summed E-state index contributed by atoms with van der Waals surface area (Å²) in [4.78, 5) is 24.0. The van der Waals surface area contributed by atoms with Crippen LogP contribution < -0.4 is 0 Å². The first-order valence-corrected chi connectivity index (χ1v) is 6.62. The fraction of sp³-hybridized carbons (Fsp3) is 0.818. The number of hydrogen-bond donors (Lipinski definition) is 1. The average molecular weight is 247 g/mol. The second-order valence-corrected chi connectivity index (χ2v) is 5.71. The van der Waals surface area contributed by atoms with Crippen LogP contribution >= 0.6 is 11.8 Å². The largest absolute Gasteiger partial charge is 0.481 e. The molecule has 0 aliphatic heterocycles. The summed E-state index contributed by atoms with van der Waals surface area (Å²) in [6.45, 7) is 4.33. The van der Waals surface area contributed by atoms with Gasteiger partial charge in [-0.15, -0.1) is 0 Å². The normalized spacial score (nSPS) is 11.2. The van der Waals surface area contributed by atoms with E-state index in [4.69, 9.17) is 5.11 Å². The van der Waals surface area contributed by atoms with E-state index in [-0.39, 0.29) is 18.7 Å². The van der Waals surface area contributed by atoms with E-state index in [1.807, 2.05) is 6.26 Å². The van der Waals surface area contributed by atoms with Gasteiger partial charge in [0.05, 0.1) is 6.42 Å². The molecule has 0 rings (SSSR count). The number of aliphatic carboxylic acids is 1. The minimum Gasteiger partial charge on any atom is -0.481 e. The molecule has 0 radical (unpaired) electrons. The number of nitrogens with zero attached hydrogens (tertiary/aromatic N) is 1.